The number of hydrogen-bond donors (Lipinski definition) is 1. The van der Waals surface area contributed by atoms with Gasteiger partial charge in [-0.2, -0.15) is 0 Å². The molecule has 0 aliphatic carbocycles. The molecule has 4 heteroatoms. The van der Waals surface area contributed by atoms with Gasteiger partial charge in [-0.15, -0.1) is 5.53 Å². The summed E-state index contributed by atoms with van der Waals surface area (Å²) >= 11 is 0. The van der Waals surface area contributed by atoms with Crippen LogP contribution in [0.2, 0.25) is 0 Å². The minimum atomic E-state index is 0.700. The predicted octanol–water partition coefficient (Wildman–Crippen LogP) is 0.119. The lowest BCUT2D eigenvalue weighted by molar-refractivity contribution is 0.0929. The van der Waals surface area contributed by atoms with Crippen molar-refractivity contribution in [3.05, 3.63) is 12.1 Å². The van der Waals surface area contributed by atoms with Crippen molar-refractivity contribution in [3.63, 3.8) is 0 Å². The lowest BCUT2D eigenvalue weighted by Crippen LogP contribution is -2.35. The van der Waals surface area contributed by atoms with Crippen molar-refractivity contribution < 1.29 is 4.74 Å². The van der Waals surface area contributed by atoms with Gasteiger partial charge < -0.3 is 4.74 Å². The predicted molar refractivity (Wildman–Crippen MR) is 38.4 cm³/mol. The van der Waals surface area contributed by atoms with Crippen LogP contribution in [0.4, 0.5) is 0 Å². The van der Waals surface area contributed by atoms with Gasteiger partial charge in [0.25, 0.3) is 0 Å². The molecule has 0 bridgehead atoms. The molecule has 0 saturated heterocycles. The summed E-state index contributed by atoms with van der Waals surface area (Å²) in [6.45, 7) is 2.67. The molecular formula is C6H13N3O. The van der Waals surface area contributed by atoms with Crippen molar-refractivity contribution in [1.82, 2.24) is 15.6 Å². The zero-order valence-electron chi connectivity index (χ0n) is 6.59. The number of ether oxygens (including phenoxy) is 1. The molecule has 1 heterocycles. The van der Waals surface area contributed by atoms with Crippen LogP contribution in [0.15, 0.2) is 12.1 Å². The van der Waals surface area contributed by atoms with Crippen molar-refractivity contribution in [2.45, 2.75) is 6.92 Å². The maximum atomic E-state index is 5.27. The van der Waals surface area contributed by atoms with E-state index in [-0.39, 0.29) is 0 Å². The van der Waals surface area contributed by atoms with Gasteiger partial charge in [0.05, 0.1) is 12.8 Å². The van der Waals surface area contributed by atoms with Crippen LogP contribution in [0.25, 0.3) is 0 Å². The summed E-state index contributed by atoms with van der Waals surface area (Å²) < 4.78 is 5.27. The monoisotopic (exact) mass is 143 g/mol. The van der Waals surface area contributed by atoms with E-state index < -0.39 is 0 Å². The standard InChI is InChI=1S/C6H13N3O/c1-4-10-6-5-8(2)7-9(6)3/h5,7H,4H2,1-3H3. The molecule has 10 heavy (non-hydrogen) atoms. The lowest BCUT2D eigenvalue weighted by Gasteiger charge is -2.16. The second-order valence-electron chi connectivity index (χ2n) is 2.17. The Morgan fingerprint density at radius 2 is 2.30 bits per heavy atom. The van der Waals surface area contributed by atoms with Crippen LogP contribution in [0.5, 0.6) is 0 Å². The maximum absolute atomic E-state index is 5.27. The maximum Gasteiger partial charge on any atom is 0.223 e. The molecule has 0 amide bonds. The van der Waals surface area contributed by atoms with Gasteiger partial charge >= 0.3 is 0 Å². The molecule has 58 valence electrons. The largest absolute Gasteiger partial charge is 0.477 e. The third-order valence-corrected chi connectivity index (χ3v) is 1.23. The third kappa shape index (κ3) is 1.33. The minimum Gasteiger partial charge on any atom is -0.477 e. The van der Waals surface area contributed by atoms with Crippen LogP contribution < -0.4 is 5.53 Å². The van der Waals surface area contributed by atoms with Gasteiger partial charge in [0.15, 0.2) is 0 Å². The molecule has 4 nitrogen and oxygen atoms in total. The zero-order chi connectivity index (χ0) is 7.56. The fraction of sp³-hybridized carbons (Fsp3) is 0.667. The summed E-state index contributed by atoms with van der Waals surface area (Å²) in [6, 6.07) is 0. The SMILES string of the molecule is CCOC1=CN(C)NN1C. The Kier molecular flexibility index (Phi) is 2.01. The first-order valence-corrected chi connectivity index (χ1v) is 3.31. The van der Waals surface area contributed by atoms with Crippen molar-refractivity contribution in [2.24, 2.45) is 0 Å². The van der Waals surface area contributed by atoms with Crippen molar-refractivity contribution in [3.8, 4) is 0 Å². The summed E-state index contributed by atoms with van der Waals surface area (Å²) in [5.41, 5.74) is 3.00. The molecule has 0 fully saturated rings. The first kappa shape index (κ1) is 7.21. The van der Waals surface area contributed by atoms with E-state index in [1.807, 2.05) is 37.2 Å². The Morgan fingerprint density at radius 1 is 1.60 bits per heavy atom. The van der Waals surface area contributed by atoms with Crippen LogP contribution in [0.3, 0.4) is 0 Å². The molecule has 1 aliphatic heterocycles. The highest BCUT2D eigenvalue weighted by Crippen LogP contribution is 2.07. The van der Waals surface area contributed by atoms with E-state index in [1.54, 1.807) is 0 Å². The Bertz CT molecular complexity index is 146. The van der Waals surface area contributed by atoms with Crippen LogP contribution in [0, 0.1) is 0 Å². The zero-order valence-corrected chi connectivity index (χ0v) is 6.59. The average Bonchev–Trinajstić information content (AvgIpc) is 2.13. The molecule has 0 aromatic carbocycles. The smallest absolute Gasteiger partial charge is 0.223 e. The molecular weight excluding hydrogens is 130 g/mol. The van der Waals surface area contributed by atoms with Gasteiger partial charge in [-0.25, -0.2) is 0 Å². The average molecular weight is 143 g/mol. The molecule has 0 aromatic heterocycles. The van der Waals surface area contributed by atoms with Crippen molar-refractivity contribution in [2.75, 3.05) is 20.7 Å². The van der Waals surface area contributed by atoms with Gasteiger partial charge in [-0.05, 0) is 6.92 Å². The third-order valence-electron chi connectivity index (χ3n) is 1.23. The molecule has 0 atom stereocenters. The fourth-order valence-electron chi connectivity index (χ4n) is 0.849. The highest BCUT2D eigenvalue weighted by Gasteiger charge is 2.13. The number of nitrogens with zero attached hydrogens (tertiary/aromatic N) is 2. The van der Waals surface area contributed by atoms with Gasteiger partial charge in [-0.3, -0.25) is 10.0 Å². The second-order valence-corrected chi connectivity index (χ2v) is 2.17. The summed E-state index contributed by atoms with van der Waals surface area (Å²) in [7, 11) is 3.83. The van der Waals surface area contributed by atoms with Gasteiger partial charge in [0, 0.05) is 14.1 Å². The Balaban J connectivity index is 2.48. The van der Waals surface area contributed by atoms with Crippen LogP contribution >= 0.6 is 0 Å². The quantitative estimate of drug-likeness (QED) is 0.594. The molecule has 1 N–H and O–H groups in total. The molecule has 1 aliphatic rings. The summed E-state index contributed by atoms with van der Waals surface area (Å²) in [5, 5.41) is 3.66. The van der Waals surface area contributed by atoms with Gasteiger partial charge in [0.1, 0.15) is 0 Å². The highest BCUT2D eigenvalue weighted by atomic mass is 16.5. The first-order valence-electron chi connectivity index (χ1n) is 3.31. The van der Waals surface area contributed by atoms with Crippen LogP contribution in [-0.2, 0) is 4.74 Å². The molecule has 1 rings (SSSR count). The molecule has 0 saturated carbocycles. The van der Waals surface area contributed by atoms with E-state index >= 15 is 0 Å². The van der Waals surface area contributed by atoms with E-state index in [9.17, 15) is 0 Å². The number of hydrogen-bond acceptors (Lipinski definition) is 4. The molecule has 0 radical (unpaired) electrons. The van der Waals surface area contributed by atoms with Gasteiger partial charge in [-0.1, -0.05) is 0 Å². The Morgan fingerprint density at radius 3 is 2.70 bits per heavy atom. The van der Waals surface area contributed by atoms with Crippen LogP contribution in [0.1, 0.15) is 6.92 Å². The van der Waals surface area contributed by atoms with E-state index in [0.29, 0.717) is 6.61 Å². The fourth-order valence-corrected chi connectivity index (χ4v) is 0.849. The topological polar surface area (TPSA) is 27.7 Å². The summed E-state index contributed by atoms with van der Waals surface area (Å²) in [5.74, 6) is 0.852. The van der Waals surface area contributed by atoms with E-state index in [4.69, 9.17) is 4.74 Å². The van der Waals surface area contributed by atoms with Crippen molar-refractivity contribution in [1.29, 1.82) is 0 Å². The van der Waals surface area contributed by atoms with Crippen molar-refractivity contribution >= 4 is 0 Å². The number of hydrazine groups is 2. The summed E-state index contributed by atoms with van der Waals surface area (Å²) in [6.07, 6.45) is 1.89. The molecule has 0 unspecified atom stereocenters. The number of rotatable bonds is 2. The van der Waals surface area contributed by atoms with E-state index in [2.05, 4.69) is 5.53 Å². The first-order chi connectivity index (χ1) is 4.74. The molecule has 0 spiro atoms. The Labute approximate surface area is 61.0 Å². The highest BCUT2D eigenvalue weighted by molar-refractivity contribution is 4.92. The summed E-state index contributed by atoms with van der Waals surface area (Å²) in [4.78, 5) is 0. The van der Waals surface area contributed by atoms with E-state index in [0.717, 1.165) is 5.88 Å². The molecule has 0 aromatic rings. The van der Waals surface area contributed by atoms with E-state index in [1.165, 1.54) is 0 Å². The number of nitrogens with one attached hydrogen (secondary N) is 1. The Hall–Kier alpha value is -0.900. The van der Waals surface area contributed by atoms with Gasteiger partial charge in [0.2, 0.25) is 5.88 Å². The second kappa shape index (κ2) is 2.79. The minimum absolute atomic E-state index is 0.700. The normalized spacial score (nSPS) is 17.7. The van der Waals surface area contributed by atoms with Crippen LogP contribution in [-0.4, -0.2) is 30.7 Å². The lowest BCUT2D eigenvalue weighted by atomic mass is 10.7.